The summed E-state index contributed by atoms with van der Waals surface area (Å²) in [6, 6.07) is 0. The van der Waals surface area contributed by atoms with Crippen LogP contribution in [0.1, 0.15) is 104 Å². The Kier molecular flexibility index (Phi) is 20.8. The predicted molar refractivity (Wildman–Crippen MR) is 97.1 cm³/mol. The van der Waals surface area contributed by atoms with Crippen LogP contribution in [0.4, 0.5) is 0 Å². The largest absolute Gasteiger partial charge is 0.379 e. The summed E-state index contributed by atoms with van der Waals surface area (Å²) in [6.07, 6.45) is 19.6. The third kappa shape index (κ3) is 19.9. The monoisotopic (exact) mass is 313 g/mol. The molecular weight excluding hydrogens is 272 g/mol. The smallest absolute Gasteiger partial charge is 0.109 e. The zero-order valence-corrected chi connectivity index (χ0v) is 15.4. The Labute approximate surface area is 140 Å². The van der Waals surface area contributed by atoms with Gasteiger partial charge in [0.05, 0.1) is 6.61 Å². The van der Waals surface area contributed by atoms with E-state index in [-0.39, 0.29) is 0 Å². The molecule has 0 unspecified atom stereocenters. The van der Waals surface area contributed by atoms with Crippen LogP contribution in [-0.4, -0.2) is 19.8 Å². The van der Waals surface area contributed by atoms with E-state index in [2.05, 4.69) is 6.92 Å². The van der Waals surface area contributed by atoms with Gasteiger partial charge >= 0.3 is 0 Å². The summed E-state index contributed by atoms with van der Waals surface area (Å²) >= 11 is 0. The van der Waals surface area contributed by atoms with E-state index in [1.54, 1.807) is 6.61 Å². The van der Waals surface area contributed by atoms with Crippen molar-refractivity contribution in [2.45, 2.75) is 104 Å². The maximum absolute atomic E-state index is 5.39. The summed E-state index contributed by atoms with van der Waals surface area (Å²) in [5.41, 5.74) is 0. The van der Waals surface area contributed by atoms with Crippen molar-refractivity contribution in [3.05, 3.63) is 6.61 Å². The lowest BCUT2D eigenvalue weighted by Crippen LogP contribution is -1.99. The molecule has 0 saturated heterocycles. The standard InChI is InChI=1S/C20H41O2/c1-3-5-6-7-8-9-10-11-12-13-14-15-16-17-18-22-20-19-21-4-2/h20H,3-19H2,1-2H3. The zero-order chi connectivity index (χ0) is 16.1. The Bertz CT molecular complexity index is 163. The minimum atomic E-state index is 0.620. The highest BCUT2D eigenvalue weighted by atomic mass is 16.5. The van der Waals surface area contributed by atoms with Crippen molar-refractivity contribution in [1.82, 2.24) is 0 Å². The van der Waals surface area contributed by atoms with Crippen LogP contribution in [-0.2, 0) is 9.47 Å². The van der Waals surface area contributed by atoms with Gasteiger partial charge in [-0.05, 0) is 13.3 Å². The normalized spacial score (nSPS) is 11.2. The van der Waals surface area contributed by atoms with E-state index in [0.717, 1.165) is 13.2 Å². The van der Waals surface area contributed by atoms with E-state index in [9.17, 15) is 0 Å². The lowest BCUT2D eigenvalue weighted by Gasteiger charge is -2.04. The van der Waals surface area contributed by atoms with Crippen LogP contribution in [0.3, 0.4) is 0 Å². The first-order valence-corrected chi connectivity index (χ1v) is 9.92. The first-order chi connectivity index (χ1) is 10.9. The molecule has 0 amide bonds. The quantitative estimate of drug-likeness (QED) is 0.247. The van der Waals surface area contributed by atoms with Gasteiger partial charge in [-0.15, -0.1) is 0 Å². The summed E-state index contributed by atoms with van der Waals surface area (Å²) in [6.45, 7) is 8.31. The molecule has 0 fully saturated rings. The second-order valence-electron chi connectivity index (χ2n) is 6.29. The van der Waals surface area contributed by atoms with Gasteiger partial charge in [0.15, 0.2) is 0 Å². The molecule has 0 saturated carbocycles. The van der Waals surface area contributed by atoms with Gasteiger partial charge in [0, 0.05) is 13.2 Å². The van der Waals surface area contributed by atoms with Crippen molar-refractivity contribution in [3.63, 3.8) is 0 Å². The molecular formula is C20H41O2. The first-order valence-electron chi connectivity index (χ1n) is 9.92. The molecule has 0 aliphatic rings. The van der Waals surface area contributed by atoms with Crippen LogP contribution < -0.4 is 0 Å². The van der Waals surface area contributed by atoms with Gasteiger partial charge in [-0.1, -0.05) is 90.4 Å². The van der Waals surface area contributed by atoms with Crippen LogP contribution in [0.25, 0.3) is 0 Å². The highest BCUT2D eigenvalue weighted by Gasteiger charge is 1.94. The fourth-order valence-electron chi connectivity index (χ4n) is 2.68. The van der Waals surface area contributed by atoms with E-state index in [1.165, 1.54) is 89.9 Å². The highest BCUT2D eigenvalue weighted by molar-refractivity contribution is 4.50. The molecule has 1 radical (unpaired) electrons. The molecule has 0 heterocycles. The topological polar surface area (TPSA) is 18.5 Å². The fourth-order valence-corrected chi connectivity index (χ4v) is 2.68. The van der Waals surface area contributed by atoms with Gasteiger partial charge in [-0.2, -0.15) is 0 Å². The van der Waals surface area contributed by atoms with Crippen molar-refractivity contribution >= 4 is 0 Å². The van der Waals surface area contributed by atoms with Gasteiger partial charge in [-0.25, -0.2) is 0 Å². The van der Waals surface area contributed by atoms with Gasteiger partial charge < -0.3 is 9.47 Å². The lowest BCUT2D eigenvalue weighted by atomic mass is 10.0. The summed E-state index contributed by atoms with van der Waals surface area (Å²) in [4.78, 5) is 0. The summed E-state index contributed by atoms with van der Waals surface area (Å²) in [7, 11) is 0. The van der Waals surface area contributed by atoms with Gasteiger partial charge in [-0.3, -0.25) is 0 Å². The van der Waals surface area contributed by atoms with Crippen LogP contribution in [0, 0.1) is 6.61 Å². The van der Waals surface area contributed by atoms with Crippen molar-refractivity contribution in [3.8, 4) is 0 Å². The zero-order valence-electron chi connectivity index (χ0n) is 15.4. The van der Waals surface area contributed by atoms with Crippen LogP contribution in [0.5, 0.6) is 0 Å². The predicted octanol–water partition coefficient (Wildman–Crippen LogP) is 6.68. The molecule has 0 aromatic heterocycles. The SMILES string of the molecule is CCCCCCCCCCCCCCCCO[CH]COCC. The average Bonchev–Trinajstić information content (AvgIpc) is 2.54. The maximum Gasteiger partial charge on any atom is 0.109 e. The Morgan fingerprint density at radius 2 is 1.05 bits per heavy atom. The number of rotatable bonds is 19. The van der Waals surface area contributed by atoms with Crippen LogP contribution >= 0.6 is 0 Å². The van der Waals surface area contributed by atoms with E-state index < -0.39 is 0 Å². The molecule has 0 aromatic carbocycles. The second kappa shape index (κ2) is 20.9. The molecule has 0 atom stereocenters. The molecule has 22 heavy (non-hydrogen) atoms. The lowest BCUT2D eigenvalue weighted by molar-refractivity contribution is 0.0958. The second-order valence-corrected chi connectivity index (χ2v) is 6.29. The van der Waals surface area contributed by atoms with Crippen molar-refractivity contribution in [2.75, 3.05) is 19.8 Å². The molecule has 2 heteroatoms. The third-order valence-electron chi connectivity index (χ3n) is 4.12. The van der Waals surface area contributed by atoms with Crippen LogP contribution in [0.2, 0.25) is 0 Å². The fraction of sp³-hybridized carbons (Fsp3) is 0.950. The minimum Gasteiger partial charge on any atom is -0.379 e. The third-order valence-corrected chi connectivity index (χ3v) is 4.12. The summed E-state index contributed by atoms with van der Waals surface area (Å²) < 4.78 is 10.6. The van der Waals surface area contributed by atoms with Gasteiger partial charge in [0.1, 0.15) is 6.61 Å². The Balaban J connectivity index is 2.91. The number of hydrogen-bond acceptors (Lipinski definition) is 2. The Morgan fingerprint density at radius 1 is 0.591 bits per heavy atom. The Hall–Kier alpha value is -0.0800. The van der Waals surface area contributed by atoms with Crippen molar-refractivity contribution < 1.29 is 9.47 Å². The molecule has 0 aromatic rings. The molecule has 0 N–H and O–H groups in total. The molecule has 0 aliphatic carbocycles. The average molecular weight is 314 g/mol. The van der Waals surface area contributed by atoms with E-state index in [4.69, 9.17) is 9.47 Å². The van der Waals surface area contributed by atoms with E-state index in [0.29, 0.717) is 6.61 Å². The van der Waals surface area contributed by atoms with E-state index in [1.807, 2.05) is 6.92 Å². The number of hydrogen-bond donors (Lipinski definition) is 0. The van der Waals surface area contributed by atoms with Gasteiger partial charge in [0.25, 0.3) is 0 Å². The molecule has 133 valence electrons. The summed E-state index contributed by atoms with van der Waals surface area (Å²) in [5, 5.41) is 0. The van der Waals surface area contributed by atoms with Crippen molar-refractivity contribution in [1.29, 1.82) is 0 Å². The molecule has 0 bridgehead atoms. The molecule has 2 nitrogen and oxygen atoms in total. The summed E-state index contributed by atoms with van der Waals surface area (Å²) in [5.74, 6) is 0. The van der Waals surface area contributed by atoms with E-state index >= 15 is 0 Å². The van der Waals surface area contributed by atoms with Crippen molar-refractivity contribution in [2.24, 2.45) is 0 Å². The molecule has 0 aliphatic heterocycles. The molecule has 0 spiro atoms. The molecule has 0 rings (SSSR count). The van der Waals surface area contributed by atoms with Gasteiger partial charge in [0.2, 0.25) is 0 Å². The Morgan fingerprint density at radius 3 is 1.50 bits per heavy atom. The highest BCUT2D eigenvalue weighted by Crippen LogP contribution is 2.12. The number of ether oxygens (including phenoxy) is 2. The first kappa shape index (κ1) is 21.9. The van der Waals surface area contributed by atoms with Crippen LogP contribution in [0.15, 0.2) is 0 Å². The maximum atomic E-state index is 5.39. The number of unbranched alkanes of at least 4 members (excludes halogenated alkanes) is 13. The minimum absolute atomic E-state index is 0.620.